The summed E-state index contributed by atoms with van der Waals surface area (Å²) in [6, 6.07) is 0. The molecule has 0 amide bonds. The van der Waals surface area contributed by atoms with Crippen LogP contribution in [0, 0.1) is 0 Å². The van der Waals surface area contributed by atoms with Crippen LogP contribution in [0.4, 0.5) is 0 Å². The molecule has 7 heteroatoms. The lowest BCUT2D eigenvalue weighted by atomic mass is 10.4. The minimum Gasteiger partial charge on any atom is -0.481 e. The van der Waals surface area contributed by atoms with Crippen molar-refractivity contribution in [1.82, 2.24) is 10.1 Å². The number of carbonyl (C=O) groups is 1. The number of carboxylic acids is 1. The summed E-state index contributed by atoms with van der Waals surface area (Å²) in [5, 5.41) is 13.4. The van der Waals surface area contributed by atoms with E-state index in [-0.39, 0.29) is 5.75 Å². The third-order valence-electron chi connectivity index (χ3n) is 2.52. The van der Waals surface area contributed by atoms with E-state index in [4.69, 9.17) is 9.63 Å². The fraction of sp³-hybridized carbons (Fsp3) is 0.700. The van der Waals surface area contributed by atoms with Gasteiger partial charge in [-0.05, 0) is 12.8 Å². The van der Waals surface area contributed by atoms with Gasteiger partial charge in [0.25, 0.3) is 5.22 Å². The Morgan fingerprint density at radius 3 is 2.94 bits per heavy atom. The molecule has 5 nitrogen and oxygen atoms in total. The molecule has 1 N–H and O–H groups in total. The summed E-state index contributed by atoms with van der Waals surface area (Å²) in [4.78, 5) is 14.5. The summed E-state index contributed by atoms with van der Waals surface area (Å²) < 4.78 is 4.96. The van der Waals surface area contributed by atoms with Gasteiger partial charge in [0, 0.05) is 5.25 Å². The SMILES string of the molecule is O=C(O)CSc1nc(CSC2CCCC2)no1. The van der Waals surface area contributed by atoms with Crippen molar-refractivity contribution in [3.63, 3.8) is 0 Å². The third kappa shape index (κ3) is 4.23. The Morgan fingerprint density at radius 1 is 1.47 bits per heavy atom. The van der Waals surface area contributed by atoms with Gasteiger partial charge in [0.15, 0.2) is 5.82 Å². The lowest BCUT2D eigenvalue weighted by Gasteiger charge is -2.04. The summed E-state index contributed by atoms with van der Waals surface area (Å²) >= 11 is 2.92. The van der Waals surface area contributed by atoms with Crippen molar-refractivity contribution in [3.8, 4) is 0 Å². The van der Waals surface area contributed by atoms with Crippen molar-refractivity contribution in [3.05, 3.63) is 5.82 Å². The van der Waals surface area contributed by atoms with E-state index in [2.05, 4.69) is 10.1 Å². The van der Waals surface area contributed by atoms with Crippen LogP contribution in [0.25, 0.3) is 0 Å². The molecule has 0 radical (unpaired) electrons. The van der Waals surface area contributed by atoms with Crippen LogP contribution in [0.3, 0.4) is 0 Å². The highest BCUT2D eigenvalue weighted by atomic mass is 32.2. The van der Waals surface area contributed by atoms with Gasteiger partial charge in [-0.3, -0.25) is 4.79 Å². The second-order valence-corrected chi connectivity index (χ2v) is 6.09. The van der Waals surface area contributed by atoms with E-state index in [0.29, 0.717) is 11.0 Å². The molecule has 1 aliphatic carbocycles. The molecule has 1 aliphatic rings. The first kappa shape index (κ1) is 12.8. The first-order valence-corrected chi connectivity index (χ1v) is 7.56. The molecule has 1 saturated carbocycles. The third-order valence-corrected chi connectivity index (χ3v) is 4.69. The molecule has 1 aromatic heterocycles. The Morgan fingerprint density at radius 2 is 2.24 bits per heavy atom. The summed E-state index contributed by atoms with van der Waals surface area (Å²) in [5.74, 6) is 0.490. The molecule has 2 rings (SSSR count). The number of hydrogen-bond donors (Lipinski definition) is 1. The number of nitrogens with zero attached hydrogens (tertiary/aromatic N) is 2. The van der Waals surface area contributed by atoms with Crippen LogP contribution in [0.2, 0.25) is 0 Å². The minimum atomic E-state index is -0.880. The number of rotatable bonds is 6. The lowest BCUT2D eigenvalue weighted by Crippen LogP contribution is -1.97. The van der Waals surface area contributed by atoms with Gasteiger partial charge < -0.3 is 9.63 Å². The highest BCUT2D eigenvalue weighted by molar-refractivity contribution is 7.99. The monoisotopic (exact) mass is 274 g/mol. The maximum atomic E-state index is 10.4. The number of hydrogen-bond acceptors (Lipinski definition) is 6. The van der Waals surface area contributed by atoms with Crippen molar-refractivity contribution >= 4 is 29.5 Å². The zero-order valence-corrected chi connectivity index (χ0v) is 10.9. The standard InChI is InChI=1S/C10H14N2O3S2/c13-9(14)6-17-10-11-8(12-15-10)5-16-7-3-1-2-4-7/h7H,1-6H2,(H,13,14). The molecule has 1 aromatic rings. The fourth-order valence-corrected chi connectivity index (χ4v) is 3.40. The average molecular weight is 274 g/mol. The van der Waals surface area contributed by atoms with Gasteiger partial charge in [0.2, 0.25) is 0 Å². The fourth-order valence-electron chi connectivity index (χ4n) is 1.73. The van der Waals surface area contributed by atoms with Gasteiger partial charge >= 0.3 is 5.97 Å². The predicted molar refractivity (Wildman–Crippen MR) is 66.2 cm³/mol. The first-order chi connectivity index (χ1) is 8.24. The van der Waals surface area contributed by atoms with Crippen LogP contribution in [-0.2, 0) is 10.5 Å². The second kappa shape index (κ2) is 6.30. The van der Waals surface area contributed by atoms with Crippen LogP contribution in [0.15, 0.2) is 9.75 Å². The largest absolute Gasteiger partial charge is 0.481 e. The number of carboxylic acid groups (broad SMARTS) is 1. The van der Waals surface area contributed by atoms with E-state index < -0.39 is 5.97 Å². The van der Waals surface area contributed by atoms with Crippen LogP contribution >= 0.6 is 23.5 Å². The Hall–Kier alpha value is -0.690. The summed E-state index contributed by atoms with van der Waals surface area (Å²) in [6.07, 6.45) is 5.21. The lowest BCUT2D eigenvalue weighted by molar-refractivity contribution is -0.133. The average Bonchev–Trinajstić information content (AvgIpc) is 2.95. The van der Waals surface area contributed by atoms with Crippen LogP contribution in [0.1, 0.15) is 31.5 Å². The van der Waals surface area contributed by atoms with Gasteiger partial charge in [-0.25, -0.2) is 0 Å². The van der Waals surface area contributed by atoms with E-state index in [1.165, 1.54) is 25.7 Å². The van der Waals surface area contributed by atoms with Gasteiger partial charge in [-0.1, -0.05) is 29.8 Å². The zero-order valence-electron chi connectivity index (χ0n) is 9.29. The topological polar surface area (TPSA) is 76.2 Å². The Bertz CT molecular complexity index is 377. The molecule has 1 fully saturated rings. The van der Waals surface area contributed by atoms with Crippen molar-refractivity contribution in [2.75, 3.05) is 5.75 Å². The molecule has 1 heterocycles. The van der Waals surface area contributed by atoms with Crippen molar-refractivity contribution in [2.24, 2.45) is 0 Å². The van der Waals surface area contributed by atoms with Gasteiger partial charge in [0.1, 0.15) is 5.75 Å². The molecule has 17 heavy (non-hydrogen) atoms. The normalized spacial score (nSPS) is 16.5. The van der Waals surface area contributed by atoms with E-state index >= 15 is 0 Å². The van der Waals surface area contributed by atoms with Crippen LogP contribution < -0.4 is 0 Å². The maximum absolute atomic E-state index is 10.4. The molecule has 0 unspecified atom stereocenters. The quantitative estimate of drug-likeness (QED) is 0.798. The molecule has 0 saturated heterocycles. The summed E-state index contributed by atoms with van der Waals surface area (Å²) in [6.45, 7) is 0. The summed E-state index contributed by atoms with van der Waals surface area (Å²) in [5.41, 5.74) is 0. The molecular weight excluding hydrogens is 260 g/mol. The Labute approximate surface area is 108 Å². The van der Waals surface area contributed by atoms with E-state index in [1.54, 1.807) is 0 Å². The Balaban J connectivity index is 1.75. The van der Waals surface area contributed by atoms with Gasteiger partial charge in [0.05, 0.1) is 5.75 Å². The number of thioether (sulfide) groups is 2. The van der Waals surface area contributed by atoms with E-state index in [9.17, 15) is 4.79 Å². The van der Waals surface area contributed by atoms with Gasteiger partial charge in [-0.2, -0.15) is 16.7 Å². The number of aromatic nitrogens is 2. The smallest absolute Gasteiger partial charge is 0.314 e. The molecule has 0 bridgehead atoms. The van der Waals surface area contributed by atoms with Crippen molar-refractivity contribution in [1.29, 1.82) is 0 Å². The van der Waals surface area contributed by atoms with Gasteiger partial charge in [-0.15, -0.1) is 0 Å². The van der Waals surface area contributed by atoms with Crippen molar-refractivity contribution in [2.45, 2.75) is 41.9 Å². The second-order valence-electron chi connectivity index (χ2n) is 3.88. The van der Waals surface area contributed by atoms with E-state index in [0.717, 1.165) is 22.8 Å². The van der Waals surface area contributed by atoms with Crippen molar-refractivity contribution < 1.29 is 14.4 Å². The molecule has 0 spiro atoms. The van der Waals surface area contributed by atoms with E-state index in [1.807, 2.05) is 11.8 Å². The highest BCUT2D eigenvalue weighted by Crippen LogP contribution is 2.31. The highest BCUT2D eigenvalue weighted by Gasteiger charge is 2.17. The van der Waals surface area contributed by atoms with Crippen LogP contribution in [0.5, 0.6) is 0 Å². The number of aliphatic carboxylic acids is 1. The molecule has 94 valence electrons. The Kier molecular flexibility index (Phi) is 4.73. The minimum absolute atomic E-state index is 0.0442. The molecule has 0 aromatic carbocycles. The molecular formula is C10H14N2O3S2. The zero-order chi connectivity index (χ0) is 12.1. The summed E-state index contributed by atoms with van der Waals surface area (Å²) in [7, 11) is 0. The molecule has 0 atom stereocenters. The maximum Gasteiger partial charge on any atom is 0.314 e. The predicted octanol–water partition coefficient (Wildman–Crippen LogP) is 2.42. The first-order valence-electron chi connectivity index (χ1n) is 5.53. The molecule has 0 aliphatic heterocycles. The van der Waals surface area contributed by atoms with Crippen LogP contribution in [-0.4, -0.2) is 32.2 Å².